The van der Waals surface area contributed by atoms with Crippen LogP contribution in [0.25, 0.3) is 0 Å². The van der Waals surface area contributed by atoms with E-state index < -0.39 is 0 Å². The summed E-state index contributed by atoms with van der Waals surface area (Å²) in [5.74, 6) is 0.206. The van der Waals surface area contributed by atoms with Crippen molar-refractivity contribution >= 4 is 51.6 Å². The molecule has 0 heterocycles. The molecule has 6 N–H and O–H groups in total. The molecule has 0 spiro atoms. The first-order valence-electron chi connectivity index (χ1n) is 6.33. The van der Waals surface area contributed by atoms with E-state index in [1.807, 2.05) is 0 Å². The van der Waals surface area contributed by atoms with E-state index in [1.165, 1.54) is 0 Å². The zero-order valence-corrected chi connectivity index (χ0v) is 13.8. The van der Waals surface area contributed by atoms with E-state index in [0.717, 1.165) is 5.56 Å². The topological polar surface area (TPSA) is 82.3 Å². The van der Waals surface area contributed by atoms with E-state index in [1.54, 1.807) is 24.3 Å². The molecule has 1 aromatic carbocycles. The van der Waals surface area contributed by atoms with Gasteiger partial charge >= 0.3 is 0 Å². The van der Waals surface area contributed by atoms with Gasteiger partial charge in [0.2, 0.25) is 0 Å². The van der Waals surface area contributed by atoms with Crippen LogP contribution in [0.3, 0.4) is 0 Å². The van der Waals surface area contributed by atoms with Crippen molar-refractivity contribution in [2.45, 2.75) is 0 Å². The van der Waals surface area contributed by atoms with Crippen molar-refractivity contribution in [1.29, 1.82) is 0 Å². The van der Waals surface area contributed by atoms with E-state index in [4.69, 9.17) is 42.4 Å². The molecule has 0 aliphatic rings. The van der Waals surface area contributed by atoms with Crippen molar-refractivity contribution in [3.8, 4) is 5.75 Å². The molecule has 0 aromatic heterocycles. The summed E-state index contributed by atoms with van der Waals surface area (Å²) in [6.45, 7) is 2.08. The molecule has 0 saturated carbocycles. The Bertz CT molecular complexity index is 505. The standard InChI is InChI=1S/C13H18N4OS3/c14-5-6-15-11(19)7-16-12(20)8-17-13(21)9-1-3-10(18)4-2-9/h1-4,18H,5-8,14H2,(H,15,19)(H,16,20)(H,17,21). The fourth-order valence-electron chi connectivity index (χ4n) is 1.39. The van der Waals surface area contributed by atoms with Gasteiger partial charge in [-0.3, -0.25) is 0 Å². The van der Waals surface area contributed by atoms with E-state index in [2.05, 4.69) is 16.0 Å². The summed E-state index contributed by atoms with van der Waals surface area (Å²) in [7, 11) is 0. The number of nitrogens with two attached hydrogens (primary N) is 1. The van der Waals surface area contributed by atoms with Crippen molar-refractivity contribution in [1.82, 2.24) is 16.0 Å². The number of hydrogen-bond acceptors (Lipinski definition) is 5. The molecule has 0 saturated heterocycles. The van der Waals surface area contributed by atoms with Crippen molar-refractivity contribution in [2.75, 3.05) is 26.2 Å². The fraction of sp³-hybridized carbons (Fsp3) is 0.308. The summed E-state index contributed by atoms with van der Waals surface area (Å²) in [4.78, 5) is 1.86. The molecule has 5 nitrogen and oxygen atoms in total. The third-order valence-electron chi connectivity index (χ3n) is 2.45. The van der Waals surface area contributed by atoms with Crippen LogP contribution in [-0.4, -0.2) is 46.3 Å². The highest BCUT2D eigenvalue weighted by molar-refractivity contribution is 7.81. The number of rotatable bonds is 7. The minimum absolute atomic E-state index is 0.206. The van der Waals surface area contributed by atoms with E-state index in [0.29, 0.717) is 41.1 Å². The lowest BCUT2D eigenvalue weighted by atomic mass is 10.2. The quantitative estimate of drug-likeness (QED) is 0.457. The van der Waals surface area contributed by atoms with Gasteiger partial charge in [0.05, 0.1) is 23.1 Å². The Morgan fingerprint density at radius 1 is 0.952 bits per heavy atom. The number of hydrogen-bond donors (Lipinski definition) is 5. The second kappa shape index (κ2) is 9.56. The van der Waals surface area contributed by atoms with E-state index in [9.17, 15) is 5.11 Å². The molecule has 0 fully saturated rings. The van der Waals surface area contributed by atoms with Gasteiger partial charge in [-0.1, -0.05) is 36.7 Å². The molecule has 114 valence electrons. The smallest absolute Gasteiger partial charge is 0.115 e. The van der Waals surface area contributed by atoms with Gasteiger partial charge in [0.25, 0.3) is 0 Å². The lowest BCUT2D eigenvalue weighted by Gasteiger charge is -2.12. The minimum atomic E-state index is 0.206. The van der Waals surface area contributed by atoms with Crippen molar-refractivity contribution in [3.05, 3.63) is 29.8 Å². The summed E-state index contributed by atoms with van der Waals surface area (Å²) in [6.07, 6.45) is 0. The first kappa shape index (κ1) is 17.7. The Hall–Kier alpha value is -1.35. The Morgan fingerprint density at radius 3 is 2.14 bits per heavy atom. The fourth-order valence-corrected chi connectivity index (χ4v) is 1.92. The number of nitrogens with one attached hydrogen (secondary N) is 3. The van der Waals surface area contributed by atoms with Crippen LogP contribution in [0.15, 0.2) is 24.3 Å². The first-order chi connectivity index (χ1) is 10.0. The summed E-state index contributed by atoms with van der Waals surface area (Å²) in [5, 5.41) is 18.3. The molecule has 0 aliphatic heterocycles. The van der Waals surface area contributed by atoms with Gasteiger partial charge in [-0.15, -0.1) is 0 Å². The van der Waals surface area contributed by atoms with Gasteiger partial charge < -0.3 is 26.8 Å². The van der Waals surface area contributed by atoms with Gasteiger partial charge in [-0.25, -0.2) is 0 Å². The van der Waals surface area contributed by atoms with Crippen LogP contribution < -0.4 is 21.7 Å². The molecule has 8 heteroatoms. The molecule has 0 amide bonds. The highest BCUT2D eigenvalue weighted by Gasteiger charge is 2.03. The van der Waals surface area contributed by atoms with E-state index in [-0.39, 0.29) is 5.75 Å². The number of phenols is 1. The second-order valence-electron chi connectivity index (χ2n) is 4.14. The van der Waals surface area contributed by atoms with Gasteiger partial charge in [0.1, 0.15) is 10.7 Å². The van der Waals surface area contributed by atoms with Crippen LogP contribution in [0, 0.1) is 0 Å². The van der Waals surface area contributed by atoms with Crippen LogP contribution >= 0.6 is 36.7 Å². The zero-order valence-electron chi connectivity index (χ0n) is 11.4. The predicted octanol–water partition coefficient (Wildman–Crippen LogP) is 0.450. The Kier molecular flexibility index (Phi) is 8.06. The molecule has 0 aliphatic carbocycles. The number of aromatic hydroxyl groups is 1. The predicted molar refractivity (Wildman–Crippen MR) is 98.1 cm³/mol. The summed E-state index contributed by atoms with van der Waals surface area (Å²) >= 11 is 15.5. The molecule has 1 aromatic rings. The number of phenolic OH excluding ortho intramolecular Hbond substituents is 1. The van der Waals surface area contributed by atoms with Crippen LogP contribution in [-0.2, 0) is 0 Å². The molecule has 21 heavy (non-hydrogen) atoms. The monoisotopic (exact) mass is 342 g/mol. The zero-order chi connectivity index (χ0) is 15.7. The average Bonchev–Trinajstić information content (AvgIpc) is 2.49. The van der Waals surface area contributed by atoms with Gasteiger partial charge in [0, 0.05) is 18.7 Å². The minimum Gasteiger partial charge on any atom is -0.508 e. The molecule has 0 radical (unpaired) electrons. The molecular formula is C13H18N4OS3. The van der Waals surface area contributed by atoms with Crippen molar-refractivity contribution in [3.63, 3.8) is 0 Å². The highest BCUT2D eigenvalue weighted by Crippen LogP contribution is 2.09. The second-order valence-corrected chi connectivity index (χ2v) is 5.54. The third kappa shape index (κ3) is 7.28. The van der Waals surface area contributed by atoms with Crippen LogP contribution in [0.2, 0.25) is 0 Å². The maximum Gasteiger partial charge on any atom is 0.115 e. The largest absolute Gasteiger partial charge is 0.508 e. The number of thiocarbonyl (C=S) groups is 3. The lowest BCUT2D eigenvalue weighted by Crippen LogP contribution is -2.41. The molecule has 1 rings (SSSR count). The summed E-state index contributed by atoms with van der Waals surface area (Å²) < 4.78 is 0. The Morgan fingerprint density at radius 2 is 1.52 bits per heavy atom. The van der Waals surface area contributed by atoms with Crippen molar-refractivity contribution in [2.24, 2.45) is 5.73 Å². The van der Waals surface area contributed by atoms with Crippen LogP contribution in [0.1, 0.15) is 5.56 Å². The first-order valence-corrected chi connectivity index (χ1v) is 7.56. The molecule has 0 atom stereocenters. The van der Waals surface area contributed by atoms with Gasteiger partial charge in [0.15, 0.2) is 0 Å². The Labute approximate surface area is 140 Å². The van der Waals surface area contributed by atoms with Gasteiger partial charge in [-0.05, 0) is 24.3 Å². The van der Waals surface area contributed by atoms with Crippen LogP contribution in [0.5, 0.6) is 5.75 Å². The van der Waals surface area contributed by atoms with Gasteiger partial charge in [-0.2, -0.15) is 0 Å². The average molecular weight is 343 g/mol. The number of benzene rings is 1. The lowest BCUT2D eigenvalue weighted by molar-refractivity contribution is 0.475. The summed E-state index contributed by atoms with van der Waals surface area (Å²) in [6, 6.07) is 6.66. The molecule has 0 unspecified atom stereocenters. The maximum atomic E-state index is 9.22. The van der Waals surface area contributed by atoms with Crippen LogP contribution in [0.4, 0.5) is 0 Å². The van der Waals surface area contributed by atoms with E-state index >= 15 is 0 Å². The van der Waals surface area contributed by atoms with Crippen molar-refractivity contribution < 1.29 is 5.11 Å². The normalized spacial score (nSPS) is 9.76. The SMILES string of the molecule is NCCNC(=S)CNC(=S)CNC(=S)c1ccc(O)cc1. The highest BCUT2D eigenvalue weighted by atomic mass is 32.1. The molecule has 0 bridgehead atoms. The molecular weight excluding hydrogens is 324 g/mol. The Balaban J connectivity index is 2.28. The summed E-state index contributed by atoms with van der Waals surface area (Å²) in [5.41, 5.74) is 6.19. The maximum absolute atomic E-state index is 9.22. The third-order valence-corrected chi connectivity index (χ3v) is 3.41.